The predicted molar refractivity (Wildman–Crippen MR) is 46.9 cm³/mol. The van der Waals surface area contributed by atoms with Crippen molar-refractivity contribution in [3.8, 4) is 5.75 Å². The van der Waals surface area contributed by atoms with Crippen LogP contribution in [0.25, 0.3) is 0 Å². The van der Waals surface area contributed by atoms with Gasteiger partial charge in [0.05, 0.1) is 13.8 Å². The van der Waals surface area contributed by atoms with Crippen molar-refractivity contribution < 1.29 is 14.2 Å². The van der Waals surface area contributed by atoms with E-state index in [9.17, 15) is 4.39 Å². The largest absolute Gasteiger partial charge is 0.494 e. The number of rotatable bonds is 4. The van der Waals surface area contributed by atoms with Crippen molar-refractivity contribution in [3.05, 3.63) is 29.6 Å². The van der Waals surface area contributed by atoms with Crippen LogP contribution in [-0.4, -0.2) is 18.9 Å². The maximum absolute atomic E-state index is 13.1. The zero-order valence-electron chi connectivity index (χ0n) is 7.38. The molecule has 4 heteroatoms. The molecule has 13 heavy (non-hydrogen) atoms. The van der Waals surface area contributed by atoms with Crippen molar-refractivity contribution in [2.75, 3.05) is 13.8 Å². The van der Waals surface area contributed by atoms with Gasteiger partial charge in [0, 0.05) is 6.54 Å². The Kier molecular flexibility index (Phi) is 3.67. The molecule has 0 aromatic heterocycles. The first-order chi connectivity index (χ1) is 6.27. The first-order valence-electron chi connectivity index (χ1n) is 3.92. The summed E-state index contributed by atoms with van der Waals surface area (Å²) in [4.78, 5) is 0. The maximum atomic E-state index is 13.1. The molecule has 0 aliphatic rings. The van der Waals surface area contributed by atoms with Crippen molar-refractivity contribution in [1.29, 1.82) is 0 Å². The second-order valence-electron chi connectivity index (χ2n) is 2.55. The van der Waals surface area contributed by atoms with E-state index in [-0.39, 0.29) is 18.3 Å². The number of aliphatic hydroxyl groups is 1. The summed E-state index contributed by atoms with van der Waals surface area (Å²) in [6.45, 7) is 0.324. The number of nitrogens with one attached hydrogen (secondary N) is 1. The SMILES string of the molecule is COc1ccc(CNCO)cc1F. The van der Waals surface area contributed by atoms with Crippen LogP contribution in [0.2, 0.25) is 0 Å². The molecule has 0 unspecified atom stereocenters. The molecule has 0 saturated carbocycles. The van der Waals surface area contributed by atoms with Gasteiger partial charge in [0.1, 0.15) is 0 Å². The van der Waals surface area contributed by atoms with Crippen LogP contribution in [-0.2, 0) is 6.54 Å². The zero-order chi connectivity index (χ0) is 9.68. The van der Waals surface area contributed by atoms with Crippen LogP contribution in [0, 0.1) is 5.82 Å². The van der Waals surface area contributed by atoms with Gasteiger partial charge in [-0.25, -0.2) is 4.39 Å². The summed E-state index contributed by atoms with van der Waals surface area (Å²) >= 11 is 0. The molecular formula is C9H12FNO2. The van der Waals surface area contributed by atoms with E-state index in [1.165, 1.54) is 13.2 Å². The van der Waals surface area contributed by atoms with Gasteiger partial charge in [-0.2, -0.15) is 0 Å². The molecule has 0 bridgehead atoms. The van der Waals surface area contributed by atoms with E-state index < -0.39 is 0 Å². The van der Waals surface area contributed by atoms with E-state index in [1.54, 1.807) is 12.1 Å². The number of methoxy groups -OCH3 is 1. The van der Waals surface area contributed by atoms with E-state index >= 15 is 0 Å². The second kappa shape index (κ2) is 4.79. The Balaban J connectivity index is 2.71. The molecule has 0 heterocycles. The summed E-state index contributed by atoms with van der Waals surface area (Å²) < 4.78 is 17.8. The van der Waals surface area contributed by atoms with Crippen LogP contribution in [0.15, 0.2) is 18.2 Å². The lowest BCUT2D eigenvalue weighted by Gasteiger charge is -2.04. The van der Waals surface area contributed by atoms with Crippen LogP contribution >= 0.6 is 0 Å². The average molecular weight is 185 g/mol. The van der Waals surface area contributed by atoms with Crippen molar-refractivity contribution in [3.63, 3.8) is 0 Å². The van der Waals surface area contributed by atoms with Crippen LogP contribution in [0.1, 0.15) is 5.56 Å². The van der Waals surface area contributed by atoms with E-state index in [0.717, 1.165) is 5.56 Å². The monoisotopic (exact) mass is 185 g/mol. The molecule has 1 aromatic rings. The van der Waals surface area contributed by atoms with Gasteiger partial charge in [-0.3, -0.25) is 5.32 Å². The highest BCUT2D eigenvalue weighted by Gasteiger charge is 2.02. The number of hydrogen-bond donors (Lipinski definition) is 2. The average Bonchev–Trinajstić information content (AvgIpc) is 2.15. The standard InChI is InChI=1S/C9H12FNO2/c1-13-9-3-2-7(4-8(9)10)5-11-6-12/h2-4,11-12H,5-6H2,1H3. The minimum atomic E-state index is -0.389. The van der Waals surface area contributed by atoms with Gasteiger partial charge in [0.2, 0.25) is 0 Å². The minimum Gasteiger partial charge on any atom is -0.494 e. The fraction of sp³-hybridized carbons (Fsp3) is 0.333. The minimum absolute atomic E-state index is 0.117. The molecule has 72 valence electrons. The summed E-state index contributed by atoms with van der Waals surface area (Å²) in [7, 11) is 1.42. The summed E-state index contributed by atoms with van der Waals surface area (Å²) in [5, 5.41) is 11.1. The van der Waals surface area contributed by atoms with Crippen LogP contribution in [0.3, 0.4) is 0 Å². The lowest BCUT2D eigenvalue weighted by atomic mass is 10.2. The topological polar surface area (TPSA) is 41.5 Å². The van der Waals surface area contributed by atoms with Gasteiger partial charge in [-0.1, -0.05) is 6.07 Å². The fourth-order valence-corrected chi connectivity index (χ4v) is 1.02. The predicted octanol–water partition coefficient (Wildman–Crippen LogP) is 0.874. The quantitative estimate of drug-likeness (QED) is 0.684. The maximum Gasteiger partial charge on any atom is 0.165 e. The third-order valence-corrected chi connectivity index (χ3v) is 1.66. The Labute approximate surface area is 76.1 Å². The second-order valence-corrected chi connectivity index (χ2v) is 2.55. The Morgan fingerprint density at radius 3 is 2.85 bits per heavy atom. The molecule has 0 spiro atoms. The zero-order valence-corrected chi connectivity index (χ0v) is 7.38. The molecule has 0 aliphatic heterocycles. The van der Waals surface area contributed by atoms with E-state index in [0.29, 0.717) is 6.54 Å². The molecule has 0 aliphatic carbocycles. The molecule has 1 rings (SSSR count). The van der Waals surface area contributed by atoms with Gasteiger partial charge in [0.25, 0.3) is 0 Å². The highest BCUT2D eigenvalue weighted by Crippen LogP contribution is 2.17. The third-order valence-electron chi connectivity index (χ3n) is 1.66. The fourth-order valence-electron chi connectivity index (χ4n) is 1.02. The number of aliphatic hydroxyl groups excluding tert-OH is 1. The normalized spacial score (nSPS) is 10.1. The van der Waals surface area contributed by atoms with Gasteiger partial charge in [-0.05, 0) is 17.7 Å². The number of benzene rings is 1. The van der Waals surface area contributed by atoms with Crippen molar-refractivity contribution in [2.24, 2.45) is 0 Å². The molecule has 1 aromatic carbocycles. The number of ether oxygens (including phenoxy) is 1. The van der Waals surface area contributed by atoms with Crippen LogP contribution in [0.5, 0.6) is 5.75 Å². The molecule has 0 amide bonds. The van der Waals surface area contributed by atoms with Crippen molar-refractivity contribution in [2.45, 2.75) is 6.54 Å². The molecule has 0 fully saturated rings. The Bertz CT molecular complexity index is 278. The molecule has 2 N–H and O–H groups in total. The Hall–Kier alpha value is -1.13. The summed E-state index contributed by atoms with van der Waals surface area (Å²) in [6, 6.07) is 4.68. The van der Waals surface area contributed by atoms with E-state index in [2.05, 4.69) is 5.32 Å². The van der Waals surface area contributed by atoms with E-state index in [4.69, 9.17) is 9.84 Å². The summed E-state index contributed by atoms with van der Waals surface area (Å²) in [5.41, 5.74) is 0.771. The third kappa shape index (κ3) is 2.68. The van der Waals surface area contributed by atoms with Crippen molar-refractivity contribution >= 4 is 0 Å². The number of hydrogen-bond acceptors (Lipinski definition) is 3. The van der Waals surface area contributed by atoms with E-state index in [1.807, 2.05) is 0 Å². The number of halogens is 1. The molecule has 0 atom stereocenters. The highest BCUT2D eigenvalue weighted by atomic mass is 19.1. The molecule has 3 nitrogen and oxygen atoms in total. The Morgan fingerprint density at radius 2 is 2.31 bits per heavy atom. The molecule has 0 radical (unpaired) electrons. The summed E-state index contributed by atoms with van der Waals surface area (Å²) in [6.07, 6.45) is 0. The van der Waals surface area contributed by atoms with Gasteiger partial charge >= 0.3 is 0 Å². The van der Waals surface area contributed by atoms with Crippen LogP contribution < -0.4 is 10.1 Å². The molecule has 0 saturated heterocycles. The lowest BCUT2D eigenvalue weighted by molar-refractivity contribution is 0.259. The summed E-state index contributed by atoms with van der Waals surface area (Å²) in [5.74, 6) is -0.160. The smallest absolute Gasteiger partial charge is 0.165 e. The lowest BCUT2D eigenvalue weighted by Crippen LogP contribution is -2.13. The highest BCUT2D eigenvalue weighted by molar-refractivity contribution is 5.29. The van der Waals surface area contributed by atoms with Crippen LogP contribution in [0.4, 0.5) is 4.39 Å². The van der Waals surface area contributed by atoms with Gasteiger partial charge in [-0.15, -0.1) is 0 Å². The van der Waals surface area contributed by atoms with Crippen molar-refractivity contribution in [1.82, 2.24) is 5.32 Å². The van der Waals surface area contributed by atoms with Gasteiger partial charge < -0.3 is 9.84 Å². The Morgan fingerprint density at radius 1 is 1.54 bits per heavy atom. The first-order valence-corrected chi connectivity index (χ1v) is 3.92. The molecular weight excluding hydrogens is 173 g/mol. The first kappa shape index (κ1) is 9.95. The van der Waals surface area contributed by atoms with Gasteiger partial charge in [0.15, 0.2) is 11.6 Å².